The van der Waals surface area contributed by atoms with Crippen molar-refractivity contribution in [2.45, 2.75) is 43.9 Å². The molecule has 38 heavy (non-hydrogen) atoms. The molecule has 0 bridgehead atoms. The molecule has 1 unspecified atom stereocenters. The zero-order chi connectivity index (χ0) is 27.7. The lowest BCUT2D eigenvalue weighted by atomic mass is 10.0. The van der Waals surface area contributed by atoms with Crippen molar-refractivity contribution in [1.29, 1.82) is 0 Å². The van der Waals surface area contributed by atoms with Crippen LogP contribution >= 0.6 is 11.6 Å². The predicted molar refractivity (Wildman–Crippen MR) is 141 cm³/mol. The van der Waals surface area contributed by atoms with Gasteiger partial charge in [0.1, 0.15) is 15.6 Å². The number of hydrogen-bond donors (Lipinski definition) is 0. The Morgan fingerprint density at radius 2 is 1.79 bits per heavy atom. The topological polar surface area (TPSA) is 86.8 Å². The van der Waals surface area contributed by atoms with Gasteiger partial charge in [0.25, 0.3) is 5.56 Å². The van der Waals surface area contributed by atoms with Crippen molar-refractivity contribution in [3.8, 4) is 16.9 Å². The normalized spacial score (nSPS) is 17.2. The molecule has 5 rings (SSSR count). The largest absolute Gasteiger partial charge is 0.277 e. The monoisotopic (exact) mass is 558 g/mol. The Hall–Kier alpha value is -3.37. The highest BCUT2D eigenvalue weighted by Gasteiger charge is 2.44. The summed E-state index contributed by atoms with van der Waals surface area (Å²) in [4.78, 5) is 17.0. The highest BCUT2D eigenvalue weighted by molar-refractivity contribution is 7.90. The van der Waals surface area contributed by atoms with Crippen LogP contribution < -0.4 is 5.56 Å². The Morgan fingerprint density at radius 1 is 1.08 bits per heavy atom. The minimum Gasteiger partial charge on any atom is -0.277 e. The second-order valence-electron chi connectivity index (χ2n) is 9.86. The molecule has 7 nitrogen and oxygen atoms in total. The molecule has 0 aliphatic heterocycles. The summed E-state index contributed by atoms with van der Waals surface area (Å²) in [5.41, 5.74) is 2.03. The van der Waals surface area contributed by atoms with Crippen LogP contribution in [0.5, 0.6) is 0 Å². The van der Waals surface area contributed by atoms with Gasteiger partial charge >= 0.3 is 0 Å². The molecule has 2 atom stereocenters. The second-order valence-corrected chi connectivity index (χ2v) is 12.2. The van der Waals surface area contributed by atoms with Crippen LogP contribution in [0.15, 0.2) is 46.3 Å². The first-order chi connectivity index (χ1) is 17.8. The van der Waals surface area contributed by atoms with Crippen LogP contribution in [-0.4, -0.2) is 34.0 Å². The van der Waals surface area contributed by atoms with Gasteiger partial charge in [-0.1, -0.05) is 17.7 Å². The predicted octanol–water partition coefficient (Wildman–Crippen LogP) is 5.16. The van der Waals surface area contributed by atoms with Crippen LogP contribution in [0.1, 0.15) is 46.3 Å². The zero-order valence-electron chi connectivity index (χ0n) is 21.4. The molecule has 0 amide bonds. The molecular weight excluding hydrogens is 534 g/mol. The third-order valence-electron chi connectivity index (χ3n) is 6.97. The van der Waals surface area contributed by atoms with Crippen LogP contribution in [0.25, 0.3) is 16.9 Å². The zero-order valence-corrected chi connectivity index (χ0v) is 23.0. The second kappa shape index (κ2) is 9.13. The molecule has 11 heteroatoms. The molecule has 0 N–H and O–H groups in total. The number of aromatic nitrogens is 4. The Balaban J connectivity index is 1.63. The van der Waals surface area contributed by atoms with E-state index >= 15 is 8.78 Å². The van der Waals surface area contributed by atoms with Gasteiger partial charge in [0.2, 0.25) is 0 Å². The van der Waals surface area contributed by atoms with E-state index in [1.54, 1.807) is 24.6 Å². The summed E-state index contributed by atoms with van der Waals surface area (Å²) in [5.74, 6) is -1.92. The van der Waals surface area contributed by atoms with Crippen LogP contribution in [0.3, 0.4) is 0 Å². The van der Waals surface area contributed by atoms with Gasteiger partial charge < -0.3 is 0 Å². The highest BCUT2D eigenvalue weighted by atomic mass is 35.5. The van der Waals surface area contributed by atoms with Gasteiger partial charge in [0.05, 0.1) is 11.4 Å². The molecule has 3 heterocycles. The maximum Gasteiger partial charge on any atom is 0.274 e. The van der Waals surface area contributed by atoms with E-state index < -0.39 is 37.6 Å². The van der Waals surface area contributed by atoms with E-state index in [0.29, 0.717) is 16.8 Å². The molecule has 1 aliphatic carbocycles. The Labute approximate surface area is 223 Å². The molecule has 1 aromatic carbocycles. The summed E-state index contributed by atoms with van der Waals surface area (Å²) in [6.45, 7) is 5.24. The molecule has 0 saturated heterocycles. The number of sulfone groups is 1. The van der Waals surface area contributed by atoms with E-state index in [4.69, 9.17) is 11.6 Å². The first kappa shape index (κ1) is 26.2. The lowest BCUT2D eigenvalue weighted by molar-refractivity contribution is 0.569. The average Bonchev–Trinajstić information content (AvgIpc) is 3.54. The molecule has 3 aromatic heterocycles. The molecule has 1 fully saturated rings. The van der Waals surface area contributed by atoms with Crippen molar-refractivity contribution in [2.75, 3.05) is 6.26 Å². The van der Waals surface area contributed by atoms with E-state index in [1.807, 2.05) is 20.2 Å². The Morgan fingerprint density at radius 3 is 2.42 bits per heavy atom. The van der Waals surface area contributed by atoms with Crippen molar-refractivity contribution in [3.05, 3.63) is 91.7 Å². The van der Waals surface area contributed by atoms with Gasteiger partial charge in [-0.3, -0.25) is 19.0 Å². The maximum absolute atomic E-state index is 16.0. The van der Waals surface area contributed by atoms with Gasteiger partial charge in [-0.15, -0.1) is 0 Å². The SMILES string of the molecule is Cc1cn(C)nc1C1C[C@H]1c1cc(C)n(-c2c(C)cnc(-c3cccc(S(C)(=O)=O)c3F)c2F)c(=O)c1Cl. The Kier molecular flexibility index (Phi) is 6.30. The average molecular weight is 559 g/mol. The molecule has 1 aliphatic rings. The van der Waals surface area contributed by atoms with E-state index in [0.717, 1.165) is 34.6 Å². The van der Waals surface area contributed by atoms with Crippen LogP contribution in [0.4, 0.5) is 8.78 Å². The summed E-state index contributed by atoms with van der Waals surface area (Å²) in [7, 11) is -2.05. The quantitative estimate of drug-likeness (QED) is 0.337. The van der Waals surface area contributed by atoms with Gasteiger partial charge in [0, 0.05) is 42.9 Å². The van der Waals surface area contributed by atoms with Gasteiger partial charge in [-0.2, -0.15) is 5.10 Å². The third kappa shape index (κ3) is 4.25. The molecule has 1 saturated carbocycles. The molecule has 198 valence electrons. The van der Waals surface area contributed by atoms with E-state index in [-0.39, 0.29) is 28.1 Å². The minimum absolute atomic E-state index is 0.0147. The van der Waals surface area contributed by atoms with Gasteiger partial charge in [-0.05, 0) is 68.0 Å². The lowest BCUT2D eigenvalue weighted by Crippen LogP contribution is -2.24. The fourth-order valence-electron chi connectivity index (χ4n) is 5.12. The summed E-state index contributed by atoms with van der Waals surface area (Å²) in [6.07, 6.45) is 4.92. The van der Waals surface area contributed by atoms with Crippen molar-refractivity contribution in [1.82, 2.24) is 19.3 Å². The van der Waals surface area contributed by atoms with Crippen molar-refractivity contribution in [3.63, 3.8) is 0 Å². The fourth-order valence-corrected chi connectivity index (χ4v) is 6.16. The number of halogens is 3. The van der Waals surface area contributed by atoms with E-state index in [1.165, 1.54) is 18.3 Å². The number of aryl methyl sites for hydroxylation is 4. The van der Waals surface area contributed by atoms with Crippen molar-refractivity contribution >= 4 is 21.4 Å². The van der Waals surface area contributed by atoms with Crippen molar-refractivity contribution < 1.29 is 17.2 Å². The summed E-state index contributed by atoms with van der Waals surface area (Å²) < 4.78 is 58.1. The first-order valence-corrected chi connectivity index (χ1v) is 14.1. The first-order valence-electron chi connectivity index (χ1n) is 11.9. The molecule has 0 radical (unpaired) electrons. The summed E-state index contributed by atoms with van der Waals surface area (Å²) >= 11 is 6.59. The van der Waals surface area contributed by atoms with Gasteiger partial charge in [0.15, 0.2) is 21.5 Å². The highest BCUT2D eigenvalue weighted by Crippen LogP contribution is 2.56. The van der Waals surface area contributed by atoms with Crippen molar-refractivity contribution in [2.24, 2.45) is 7.05 Å². The minimum atomic E-state index is -3.90. The Bertz CT molecular complexity index is 1800. The molecule has 0 spiro atoms. The van der Waals surface area contributed by atoms with E-state index in [9.17, 15) is 13.2 Å². The lowest BCUT2D eigenvalue weighted by Gasteiger charge is -2.18. The fraction of sp³-hybridized carbons (Fsp3) is 0.296. The summed E-state index contributed by atoms with van der Waals surface area (Å²) in [5, 5.41) is 4.53. The maximum atomic E-state index is 16.0. The van der Waals surface area contributed by atoms with Gasteiger partial charge in [-0.25, -0.2) is 17.2 Å². The molecule has 4 aromatic rings. The number of nitrogens with zero attached hydrogens (tertiary/aromatic N) is 4. The smallest absolute Gasteiger partial charge is 0.274 e. The van der Waals surface area contributed by atoms with Crippen LogP contribution in [0, 0.1) is 32.4 Å². The van der Waals surface area contributed by atoms with Crippen LogP contribution in [-0.2, 0) is 16.9 Å². The third-order valence-corrected chi connectivity index (χ3v) is 8.46. The number of benzene rings is 1. The van der Waals surface area contributed by atoms with Crippen LogP contribution in [0.2, 0.25) is 5.02 Å². The molecular formula is C27H25ClF2N4O3S. The number of rotatable bonds is 5. The summed E-state index contributed by atoms with van der Waals surface area (Å²) in [6, 6.07) is 5.43. The van der Waals surface area contributed by atoms with E-state index in [2.05, 4.69) is 10.1 Å². The number of hydrogen-bond acceptors (Lipinski definition) is 5. The number of pyridine rings is 2. The standard InChI is InChI=1S/C27H25ClF2N4O3S/c1-13-11-31-25(16-7-6-8-20(22(16)29)38(5,36)37)23(30)26(13)34-15(3)9-18(21(28)27(34)35)17-10-19(17)24-14(2)12-33(4)32-24/h6-9,11-12,17,19H,10H2,1-5H3/t17-,19?/m0/s1.